The van der Waals surface area contributed by atoms with Crippen LogP contribution in [0.2, 0.25) is 0 Å². The van der Waals surface area contributed by atoms with Gasteiger partial charge >= 0.3 is 0 Å². The lowest BCUT2D eigenvalue weighted by atomic mass is 9.45. The number of ether oxygens (including phenoxy) is 1. The monoisotopic (exact) mass is 723 g/mol. The minimum atomic E-state index is -1.16. The number of aliphatic hydroxyl groups excluding tert-OH is 2. The van der Waals surface area contributed by atoms with E-state index in [1.165, 1.54) is 6.42 Å². The number of hydrogen-bond acceptors (Lipinski definition) is 8. The molecule has 8 unspecified atom stereocenters. The number of hydroxylamine groups is 2. The van der Waals surface area contributed by atoms with Crippen molar-refractivity contribution in [1.29, 1.82) is 0 Å². The maximum atomic E-state index is 15.5. The minimum absolute atomic E-state index is 0.0245. The second-order valence-electron chi connectivity index (χ2n) is 18.6. The number of rotatable bonds is 14. The van der Waals surface area contributed by atoms with Crippen LogP contribution in [0, 0.1) is 58.7 Å². The summed E-state index contributed by atoms with van der Waals surface area (Å²) in [6.07, 6.45) is 4.55. The van der Waals surface area contributed by atoms with Gasteiger partial charge in [0.25, 0.3) is 0 Å². The molecule has 0 radical (unpaired) electrons. The van der Waals surface area contributed by atoms with Crippen molar-refractivity contribution < 1.29 is 33.8 Å². The zero-order chi connectivity index (χ0) is 37.4. The lowest BCUT2D eigenvalue weighted by Gasteiger charge is -2.62. The standard InChI is InChI=1S/C40H71FN4O6/c1-22(2)15-28(20-44(7)8)42-38(48)30-16-25(13-14-32(30)41)29-12-10-11-26(37(29)50-9)19-45-36(35(24(4)47)34(21-46)51-45)39(49)43-33-18-27-17-31(23(33)3)40(27,5)6/h22-37,46-47H,10-21H2,1-9H3,(H,42,48)(H,43,49)/t23-,24?,25?,26?,27+,28-,29?,30?,31-,32?,33-,34-,35?,36-,37?/m0/s1. The van der Waals surface area contributed by atoms with Crippen LogP contribution < -0.4 is 10.6 Å². The molecule has 6 aliphatic rings. The van der Waals surface area contributed by atoms with E-state index in [9.17, 15) is 19.8 Å². The van der Waals surface area contributed by atoms with Crippen molar-refractivity contribution >= 4 is 11.8 Å². The molecule has 4 N–H and O–H groups in total. The van der Waals surface area contributed by atoms with Crippen LogP contribution in [0.5, 0.6) is 0 Å². The van der Waals surface area contributed by atoms with Gasteiger partial charge in [-0.25, -0.2) is 4.39 Å². The van der Waals surface area contributed by atoms with Gasteiger partial charge in [-0.3, -0.25) is 14.4 Å². The predicted molar refractivity (Wildman–Crippen MR) is 196 cm³/mol. The number of aliphatic hydroxyl groups is 2. The van der Waals surface area contributed by atoms with Gasteiger partial charge in [0, 0.05) is 44.1 Å². The molecule has 5 aliphatic carbocycles. The fourth-order valence-corrected chi connectivity index (χ4v) is 11.4. The summed E-state index contributed by atoms with van der Waals surface area (Å²) in [5.74, 6) is 0.710. The quantitative estimate of drug-likeness (QED) is 0.208. The third-order valence-electron chi connectivity index (χ3n) is 14.2. The zero-order valence-electron chi connectivity index (χ0n) is 33.0. The molecule has 2 bridgehead atoms. The SMILES string of the molecule is COC1C(CN2O[C@@H](CO)C(C(C)O)[C@H]2C(=O)N[C@H]2C[C@H]3C[C@@H]([C@@H]2C)C3(C)C)CCCC1C1CCC(F)C(C(=O)N[C@@H](CC(C)C)CN(C)C)C1. The smallest absolute Gasteiger partial charge is 0.240 e. The van der Waals surface area contributed by atoms with Crippen molar-refractivity contribution in [2.45, 2.75) is 142 Å². The number of amides is 2. The molecule has 1 heterocycles. The first kappa shape index (κ1) is 40.8. The maximum Gasteiger partial charge on any atom is 0.240 e. The third kappa shape index (κ3) is 8.80. The van der Waals surface area contributed by atoms with Gasteiger partial charge in [0.1, 0.15) is 18.3 Å². The largest absolute Gasteiger partial charge is 0.394 e. The summed E-state index contributed by atoms with van der Waals surface area (Å²) in [5.41, 5.74) is 0.301. The number of likely N-dealkylation sites (N-methyl/N-ethyl adjacent to an activating group) is 1. The minimum Gasteiger partial charge on any atom is -0.394 e. The first-order valence-corrected chi connectivity index (χ1v) is 20.2. The molecule has 51 heavy (non-hydrogen) atoms. The highest BCUT2D eigenvalue weighted by Gasteiger charge is 2.58. The number of nitrogens with zero attached hydrogens (tertiary/aromatic N) is 2. The molecule has 6 fully saturated rings. The van der Waals surface area contributed by atoms with Gasteiger partial charge in [0.05, 0.1) is 24.7 Å². The number of halogens is 1. The van der Waals surface area contributed by atoms with Gasteiger partial charge < -0.3 is 30.5 Å². The molecule has 10 nitrogen and oxygen atoms in total. The summed E-state index contributed by atoms with van der Waals surface area (Å²) >= 11 is 0. The molecule has 0 spiro atoms. The molecule has 6 rings (SSSR count). The van der Waals surface area contributed by atoms with E-state index < -0.39 is 36.3 Å². The molecular formula is C40H71FN4O6. The first-order valence-electron chi connectivity index (χ1n) is 20.2. The Balaban J connectivity index is 1.28. The molecule has 1 aliphatic heterocycles. The summed E-state index contributed by atoms with van der Waals surface area (Å²) in [6, 6.07) is -0.693. The van der Waals surface area contributed by atoms with Crippen LogP contribution in [0.3, 0.4) is 0 Å². The van der Waals surface area contributed by atoms with Gasteiger partial charge in [-0.05, 0) is 113 Å². The van der Waals surface area contributed by atoms with Gasteiger partial charge in [-0.1, -0.05) is 41.0 Å². The average Bonchev–Trinajstić information content (AvgIpc) is 3.43. The number of methoxy groups -OCH3 is 1. The van der Waals surface area contributed by atoms with E-state index in [1.807, 2.05) is 14.1 Å². The van der Waals surface area contributed by atoms with E-state index in [-0.39, 0.29) is 54.4 Å². The highest BCUT2D eigenvalue weighted by atomic mass is 19.1. The average molecular weight is 723 g/mol. The summed E-state index contributed by atoms with van der Waals surface area (Å²) in [6.45, 7) is 13.8. The summed E-state index contributed by atoms with van der Waals surface area (Å²) in [4.78, 5) is 36.2. The van der Waals surface area contributed by atoms with E-state index >= 15 is 4.39 Å². The molecule has 1 saturated heterocycles. The summed E-state index contributed by atoms with van der Waals surface area (Å²) in [7, 11) is 5.73. The third-order valence-corrected chi connectivity index (χ3v) is 14.2. The van der Waals surface area contributed by atoms with Gasteiger partial charge in [0.15, 0.2) is 0 Å². The lowest BCUT2D eigenvalue weighted by molar-refractivity contribution is -0.193. The number of carbonyl (C=O) groups is 2. The van der Waals surface area contributed by atoms with Crippen molar-refractivity contribution in [1.82, 2.24) is 20.6 Å². The van der Waals surface area contributed by atoms with Crippen molar-refractivity contribution in [3.63, 3.8) is 0 Å². The van der Waals surface area contributed by atoms with Gasteiger partial charge in [-0.2, -0.15) is 5.06 Å². The van der Waals surface area contributed by atoms with Crippen molar-refractivity contribution in [2.75, 3.05) is 40.9 Å². The molecule has 15 atom stereocenters. The Hall–Kier alpha value is -1.37. The molecule has 294 valence electrons. The second-order valence-corrected chi connectivity index (χ2v) is 18.6. The van der Waals surface area contributed by atoms with Crippen LogP contribution >= 0.6 is 0 Å². The Morgan fingerprint density at radius 1 is 1.08 bits per heavy atom. The van der Waals surface area contributed by atoms with E-state index in [1.54, 1.807) is 19.1 Å². The molecule has 0 aromatic carbocycles. The number of nitrogens with one attached hydrogen (secondary N) is 2. The van der Waals surface area contributed by atoms with E-state index in [0.717, 1.165) is 45.1 Å². The maximum absolute atomic E-state index is 15.5. The van der Waals surface area contributed by atoms with Gasteiger partial charge in [-0.15, -0.1) is 0 Å². The van der Waals surface area contributed by atoms with E-state index in [0.29, 0.717) is 48.5 Å². The van der Waals surface area contributed by atoms with Crippen molar-refractivity contribution in [2.24, 2.45) is 58.7 Å². The van der Waals surface area contributed by atoms with Gasteiger partial charge in [0.2, 0.25) is 11.8 Å². The van der Waals surface area contributed by atoms with Crippen LogP contribution in [0.15, 0.2) is 0 Å². The Labute approximate surface area is 307 Å². The van der Waals surface area contributed by atoms with Crippen LogP contribution in [0.1, 0.15) is 99.3 Å². The van der Waals surface area contributed by atoms with Crippen LogP contribution in [-0.2, 0) is 19.2 Å². The fraction of sp³-hybridized carbons (Fsp3) is 0.950. The number of fused-ring (bicyclic) bond motifs is 2. The highest BCUT2D eigenvalue weighted by molar-refractivity contribution is 5.83. The Morgan fingerprint density at radius 2 is 1.80 bits per heavy atom. The van der Waals surface area contributed by atoms with Crippen LogP contribution in [-0.4, -0.2) is 116 Å². The second kappa shape index (κ2) is 17.0. The predicted octanol–water partition coefficient (Wildman–Crippen LogP) is 4.43. The molecule has 11 heteroatoms. The van der Waals surface area contributed by atoms with Crippen molar-refractivity contribution in [3.8, 4) is 0 Å². The number of hydrogen-bond donors (Lipinski definition) is 4. The van der Waals surface area contributed by atoms with Crippen LogP contribution in [0.4, 0.5) is 4.39 Å². The summed E-state index contributed by atoms with van der Waals surface area (Å²) in [5, 5.41) is 29.6. The van der Waals surface area contributed by atoms with E-state index in [2.05, 4.69) is 50.2 Å². The Bertz CT molecular complexity index is 1160. The molecule has 5 saturated carbocycles. The molecule has 2 amide bonds. The molecule has 0 aromatic heterocycles. The fourth-order valence-electron chi connectivity index (χ4n) is 11.4. The molecular weight excluding hydrogens is 651 g/mol. The Morgan fingerprint density at radius 3 is 2.39 bits per heavy atom. The molecule has 0 aromatic rings. The van der Waals surface area contributed by atoms with Crippen LogP contribution in [0.25, 0.3) is 0 Å². The number of carbonyl (C=O) groups excluding carboxylic acids is 2. The highest BCUT2D eigenvalue weighted by Crippen LogP contribution is 2.61. The topological polar surface area (TPSA) is 124 Å². The zero-order valence-corrected chi connectivity index (χ0v) is 33.0. The van der Waals surface area contributed by atoms with Crippen molar-refractivity contribution in [3.05, 3.63) is 0 Å². The van der Waals surface area contributed by atoms with E-state index in [4.69, 9.17) is 9.57 Å². The normalized spacial score (nSPS) is 40.9. The lowest BCUT2D eigenvalue weighted by Crippen LogP contribution is -2.62. The number of alkyl halides is 1. The summed E-state index contributed by atoms with van der Waals surface area (Å²) < 4.78 is 21.7. The Kier molecular flexibility index (Phi) is 13.6. The first-order chi connectivity index (χ1) is 24.1.